The third kappa shape index (κ3) is 2.99. The van der Waals surface area contributed by atoms with E-state index in [1.54, 1.807) is 38.9 Å². The van der Waals surface area contributed by atoms with Crippen LogP contribution in [0.15, 0.2) is 47.6 Å². The molecule has 3 heterocycles. The maximum absolute atomic E-state index is 13.9. The summed E-state index contributed by atoms with van der Waals surface area (Å²) >= 11 is 0. The zero-order valence-corrected chi connectivity index (χ0v) is 19.3. The first-order valence-corrected chi connectivity index (χ1v) is 11.1. The molecule has 0 radical (unpaired) electrons. The molecule has 4 atom stereocenters. The number of ketones is 1. The van der Waals surface area contributed by atoms with Crippen LogP contribution in [0.4, 0.5) is 11.4 Å². The monoisotopic (exact) mass is 460 g/mol. The van der Waals surface area contributed by atoms with Gasteiger partial charge in [-0.05, 0) is 23.6 Å². The largest absolute Gasteiger partial charge is 0.297 e. The fraction of sp³-hybridized carbons (Fsp3) is 0.360. The molecule has 2 amide bonds. The van der Waals surface area contributed by atoms with Crippen molar-refractivity contribution in [3.8, 4) is 0 Å². The molecule has 3 aliphatic rings. The second kappa shape index (κ2) is 7.31. The lowest BCUT2D eigenvalue weighted by Crippen LogP contribution is -2.48. The van der Waals surface area contributed by atoms with E-state index in [-0.39, 0.29) is 17.2 Å². The lowest BCUT2D eigenvalue weighted by atomic mass is 9.79. The summed E-state index contributed by atoms with van der Waals surface area (Å²) in [6, 6.07) is 10.1. The van der Waals surface area contributed by atoms with E-state index < -0.39 is 46.1 Å². The van der Waals surface area contributed by atoms with Crippen molar-refractivity contribution in [2.45, 2.75) is 39.8 Å². The summed E-state index contributed by atoms with van der Waals surface area (Å²) in [6.45, 7) is 7.03. The van der Waals surface area contributed by atoms with Gasteiger partial charge in [0.1, 0.15) is 6.04 Å². The third-order valence-corrected chi connectivity index (χ3v) is 6.95. The molecular formula is C25H24N4O5. The molecule has 9 nitrogen and oxygen atoms in total. The van der Waals surface area contributed by atoms with Gasteiger partial charge in [0.25, 0.3) is 5.69 Å². The van der Waals surface area contributed by atoms with Crippen molar-refractivity contribution >= 4 is 35.2 Å². The number of Topliss-reactive ketones (excluding diaryl/α,β-unsaturated/α-hetero) is 1. The Labute approximate surface area is 196 Å². The molecule has 0 aliphatic carbocycles. The molecule has 0 aromatic heterocycles. The number of carbonyl (C=O) groups excluding carboxylic acids is 3. The summed E-state index contributed by atoms with van der Waals surface area (Å²) < 4.78 is 0. The van der Waals surface area contributed by atoms with Gasteiger partial charge in [0.2, 0.25) is 11.8 Å². The van der Waals surface area contributed by atoms with Crippen LogP contribution in [-0.4, -0.2) is 39.8 Å². The molecule has 9 heteroatoms. The van der Waals surface area contributed by atoms with Crippen molar-refractivity contribution < 1.29 is 19.3 Å². The Morgan fingerprint density at radius 3 is 2.41 bits per heavy atom. The number of rotatable bonds is 3. The molecule has 2 aromatic carbocycles. The van der Waals surface area contributed by atoms with E-state index in [2.05, 4.69) is 5.10 Å². The Bertz CT molecular complexity index is 1290. The van der Waals surface area contributed by atoms with Crippen LogP contribution in [0.3, 0.4) is 0 Å². The summed E-state index contributed by atoms with van der Waals surface area (Å²) in [4.78, 5) is 53.1. The number of hydrogen-bond donors (Lipinski definition) is 0. The molecule has 2 fully saturated rings. The number of anilines is 1. The fourth-order valence-electron chi connectivity index (χ4n) is 5.30. The van der Waals surface area contributed by atoms with Crippen LogP contribution in [0.25, 0.3) is 0 Å². The number of carbonyl (C=O) groups is 3. The predicted molar refractivity (Wildman–Crippen MR) is 124 cm³/mol. The minimum Gasteiger partial charge on any atom is -0.297 e. The van der Waals surface area contributed by atoms with E-state index in [0.717, 1.165) is 16.0 Å². The average molecular weight is 460 g/mol. The number of aryl methyl sites for hydroxylation is 1. The fourth-order valence-corrected chi connectivity index (χ4v) is 5.30. The molecule has 0 N–H and O–H groups in total. The molecule has 0 unspecified atom stereocenters. The first kappa shape index (κ1) is 21.9. The lowest BCUT2D eigenvalue weighted by molar-refractivity contribution is -0.384. The first-order chi connectivity index (χ1) is 16.0. The minimum atomic E-state index is -0.939. The van der Waals surface area contributed by atoms with Gasteiger partial charge in [-0.1, -0.05) is 51.1 Å². The summed E-state index contributed by atoms with van der Waals surface area (Å²) in [5.74, 6) is -2.94. The summed E-state index contributed by atoms with van der Waals surface area (Å²) in [5.41, 5.74) is 1.42. The Kier molecular flexibility index (Phi) is 4.72. The Balaban J connectivity index is 1.68. The van der Waals surface area contributed by atoms with Crippen molar-refractivity contribution in [1.29, 1.82) is 0 Å². The van der Waals surface area contributed by atoms with Gasteiger partial charge in [-0.2, -0.15) is 5.10 Å². The van der Waals surface area contributed by atoms with Gasteiger partial charge in [0, 0.05) is 17.5 Å². The Morgan fingerprint density at radius 2 is 1.74 bits per heavy atom. The maximum Gasteiger partial charge on any atom is 0.271 e. The number of imide groups is 1. The van der Waals surface area contributed by atoms with Gasteiger partial charge in [-0.3, -0.25) is 29.5 Å². The number of hydrazone groups is 1. The average Bonchev–Trinajstić information content (AvgIpc) is 3.25. The summed E-state index contributed by atoms with van der Waals surface area (Å²) in [5, 5.41) is 17.5. The SMILES string of the molecule is Cc1ccc([N+](=O)[O-])cc1N1C(=O)[C@@H]2[C@H](C1=O)[C@H](C(=O)C(C)(C)C)N1N=Cc3ccccc3[C@@H]21. The van der Waals surface area contributed by atoms with Gasteiger partial charge in [0.15, 0.2) is 5.78 Å². The number of nitrogens with zero attached hydrogens (tertiary/aromatic N) is 4. The maximum atomic E-state index is 13.9. The second-order valence-electron chi connectivity index (χ2n) is 10.0. The summed E-state index contributed by atoms with van der Waals surface area (Å²) in [6.07, 6.45) is 1.66. The van der Waals surface area contributed by atoms with Crippen LogP contribution >= 0.6 is 0 Å². The molecule has 2 saturated heterocycles. The highest BCUT2D eigenvalue weighted by Crippen LogP contribution is 2.54. The van der Waals surface area contributed by atoms with Crippen molar-refractivity contribution in [3.05, 3.63) is 69.3 Å². The molecular weight excluding hydrogens is 436 g/mol. The summed E-state index contributed by atoms with van der Waals surface area (Å²) in [7, 11) is 0. The third-order valence-electron chi connectivity index (χ3n) is 6.95. The molecule has 2 aromatic rings. The van der Waals surface area contributed by atoms with Gasteiger partial charge < -0.3 is 0 Å². The van der Waals surface area contributed by atoms with Crippen LogP contribution in [0.2, 0.25) is 0 Å². The molecule has 3 aliphatic heterocycles. The number of benzene rings is 2. The normalized spacial score (nSPS) is 25.3. The van der Waals surface area contributed by atoms with Crippen LogP contribution in [0.1, 0.15) is 43.5 Å². The quantitative estimate of drug-likeness (QED) is 0.394. The minimum absolute atomic E-state index is 0.180. The highest BCUT2D eigenvalue weighted by atomic mass is 16.6. The topological polar surface area (TPSA) is 113 Å². The standard InChI is InChI=1S/C25H24N4O5/c1-13-9-10-15(29(33)34)11-17(13)27-23(31)18-19(24(27)32)21(22(30)25(2,3)4)28-20(18)16-8-6-5-7-14(16)12-26-28/h5-12,18-21H,1-4H3/t18-,19+,20+,21-/m1/s1. The van der Waals surface area contributed by atoms with Crippen molar-refractivity contribution in [2.24, 2.45) is 22.4 Å². The molecule has 0 saturated carbocycles. The zero-order chi connectivity index (χ0) is 24.5. The highest BCUT2D eigenvalue weighted by Gasteiger charge is 2.66. The van der Waals surface area contributed by atoms with Gasteiger partial charge in [0.05, 0.1) is 34.7 Å². The van der Waals surface area contributed by atoms with E-state index in [1.807, 2.05) is 24.3 Å². The molecule has 5 rings (SSSR count). The number of nitro benzene ring substituents is 1. The lowest BCUT2D eigenvalue weighted by Gasteiger charge is -2.35. The number of non-ortho nitro benzene ring substituents is 1. The van der Waals surface area contributed by atoms with E-state index in [9.17, 15) is 24.5 Å². The van der Waals surface area contributed by atoms with Crippen LogP contribution < -0.4 is 4.90 Å². The highest BCUT2D eigenvalue weighted by molar-refractivity contribution is 6.24. The van der Waals surface area contributed by atoms with Crippen LogP contribution in [0.5, 0.6) is 0 Å². The number of amides is 2. The van der Waals surface area contributed by atoms with E-state index >= 15 is 0 Å². The van der Waals surface area contributed by atoms with E-state index in [4.69, 9.17) is 0 Å². The number of nitro groups is 1. The number of hydrogen-bond acceptors (Lipinski definition) is 7. The van der Waals surface area contributed by atoms with Crippen LogP contribution in [0, 0.1) is 34.3 Å². The molecule has 0 bridgehead atoms. The first-order valence-electron chi connectivity index (χ1n) is 11.1. The van der Waals surface area contributed by atoms with Gasteiger partial charge >= 0.3 is 0 Å². The smallest absolute Gasteiger partial charge is 0.271 e. The molecule has 0 spiro atoms. The predicted octanol–water partition coefficient (Wildman–Crippen LogP) is 3.40. The van der Waals surface area contributed by atoms with Gasteiger partial charge in [-0.15, -0.1) is 0 Å². The number of fused-ring (bicyclic) bond motifs is 5. The van der Waals surface area contributed by atoms with Crippen molar-refractivity contribution in [2.75, 3.05) is 4.90 Å². The molecule has 34 heavy (non-hydrogen) atoms. The Hall–Kier alpha value is -3.88. The zero-order valence-electron chi connectivity index (χ0n) is 19.3. The van der Waals surface area contributed by atoms with Gasteiger partial charge in [-0.25, -0.2) is 4.90 Å². The van der Waals surface area contributed by atoms with E-state index in [1.165, 1.54) is 18.2 Å². The van der Waals surface area contributed by atoms with Crippen molar-refractivity contribution in [3.63, 3.8) is 0 Å². The van der Waals surface area contributed by atoms with Crippen molar-refractivity contribution in [1.82, 2.24) is 5.01 Å². The second-order valence-corrected chi connectivity index (χ2v) is 10.0. The van der Waals surface area contributed by atoms with Crippen LogP contribution in [-0.2, 0) is 14.4 Å². The van der Waals surface area contributed by atoms with E-state index in [0.29, 0.717) is 5.56 Å². The molecule has 174 valence electrons. The Morgan fingerprint density at radius 1 is 1.06 bits per heavy atom.